The van der Waals surface area contributed by atoms with Crippen molar-refractivity contribution >= 4 is 29.7 Å². The van der Waals surface area contributed by atoms with Crippen LogP contribution in [-0.4, -0.2) is 63.1 Å². The number of nitrogens with zero attached hydrogens (tertiary/aromatic N) is 5. The quantitative estimate of drug-likeness (QED) is 0.668. The lowest BCUT2D eigenvalue weighted by Crippen LogP contribution is -2.46. The summed E-state index contributed by atoms with van der Waals surface area (Å²) in [6.45, 7) is 6.59. The van der Waals surface area contributed by atoms with E-state index in [0.29, 0.717) is 30.4 Å². The van der Waals surface area contributed by atoms with Gasteiger partial charge >= 0.3 is 0 Å². The lowest BCUT2D eigenvalue weighted by atomic mass is 10.2. The molecule has 0 saturated carbocycles. The van der Waals surface area contributed by atoms with Crippen LogP contribution in [-0.2, 0) is 24.6 Å². The average molecular weight is 422 g/mol. The van der Waals surface area contributed by atoms with Gasteiger partial charge in [-0.25, -0.2) is 4.68 Å². The maximum atomic E-state index is 11.8. The summed E-state index contributed by atoms with van der Waals surface area (Å²) in [5.41, 5.74) is 1.28. The molecule has 0 spiro atoms. The van der Waals surface area contributed by atoms with Crippen LogP contribution < -0.4 is 0 Å². The predicted molar refractivity (Wildman–Crippen MR) is 108 cm³/mol. The van der Waals surface area contributed by atoms with Gasteiger partial charge < -0.3 is 9.32 Å². The van der Waals surface area contributed by atoms with Crippen molar-refractivity contribution in [3.05, 3.63) is 45.6 Å². The van der Waals surface area contributed by atoms with Crippen LogP contribution in [0.4, 0.5) is 0 Å². The number of rotatable bonds is 6. The van der Waals surface area contributed by atoms with Crippen molar-refractivity contribution in [2.75, 3.05) is 32.7 Å². The Labute approximate surface area is 174 Å². The highest BCUT2D eigenvalue weighted by atomic mass is 35.5. The van der Waals surface area contributed by atoms with Crippen LogP contribution in [0, 0.1) is 4.84 Å². The second-order valence-corrected chi connectivity index (χ2v) is 8.13. The Morgan fingerprint density at radius 3 is 2.43 bits per heavy atom. The van der Waals surface area contributed by atoms with Crippen molar-refractivity contribution < 1.29 is 9.21 Å². The second kappa shape index (κ2) is 8.73. The Kier molecular flexibility index (Phi) is 6.10. The monoisotopic (exact) mass is 421 g/mol. The normalized spacial score (nSPS) is 18.9. The fourth-order valence-corrected chi connectivity index (χ4v) is 3.98. The summed E-state index contributed by atoms with van der Waals surface area (Å²) in [7, 11) is 0. The highest BCUT2D eigenvalue weighted by Gasteiger charge is 2.23. The van der Waals surface area contributed by atoms with Gasteiger partial charge in [0.15, 0.2) is 0 Å². The highest BCUT2D eigenvalue weighted by Crippen LogP contribution is 2.15. The zero-order valence-electron chi connectivity index (χ0n) is 15.7. The van der Waals surface area contributed by atoms with E-state index in [1.165, 1.54) is 5.56 Å². The zero-order chi connectivity index (χ0) is 19.5. The number of hydrogen-bond acceptors (Lipinski definition) is 6. The first kappa shape index (κ1) is 19.6. The third kappa shape index (κ3) is 4.81. The number of amides is 1. The maximum absolute atomic E-state index is 11.8. The van der Waals surface area contributed by atoms with Gasteiger partial charge in [-0.2, -0.15) is 0 Å². The van der Waals surface area contributed by atoms with Gasteiger partial charge in [-0.3, -0.25) is 14.6 Å². The van der Waals surface area contributed by atoms with Crippen LogP contribution in [0.25, 0.3) is 0 Å². The van der Waals surface area contributed by atoms with Crippen LogP contribution >= 0.6 is 23.8 Å². The SMILES string of the molecule is O=C1CCCN1Cc1nn(CN2CCN(Cc3ccc(Cl)cc3)CC2)c(=S)o1. The number of piperazine rings is 1. The standard InChI is InChI=1S/C19H24ClN5O2S/c20-16-5-3-15(4-6-16)12-22-8-10-23(11-9-22)14-25-19(28)27-17(21-25)13-24-7-1-2-18(24)26/h3-6H,1-2,7-14H2. The van der Waals surface area contributed by atoms with E-state index in [4.69, 9.17) is 28.2 Å². The van der Waals surface area contributed by atoms with Crippen molar-refractivity contribution in [1.29, 1.82) is 0 Å². The van der Waals surface area contributed by atoms with Gasteiger partial charge in [0, 0.05) is 50.7 Å². The van der Waals surface area contributed by atoms with Crippen LogP contribution in [0.2, 0.25) is 5.02 Å². The van der Waals surface area contributed by atoms with Gasteiger partial charge in [-0.1, -0.05) is 23.7 Å². The number of halogens is 1. The smallest absolute Gasteiger partial charge is 0.288 e. The average Bonchev–Trinajstić information content (AvgIpc) is 3.24. The minimum atomic E-state index is 0.160. The zero-order valence-corrected chi connectivity index (χ0v) is 17.3. The fourth-order valence-electron chi connectivity index (χ4n) is 3.66. The molecule has 0 bridgehead atoms. The van der Waals surface area contributed by atoms with E-state index in [1.807, 2.05) is 12.1 Å². The Hall–Kier alpha value is -1.74. The van der Waals surface area contributed by atoms with Crippen LogP contribution in [0.3, 0.4) is 0 Å². The molecular formula is C19H24ClN5O2S. The van der Waals surface area contributed by atoms with E-state index in [-0.39, 0.29) is 5.91 Å². The first-order chi connectivity index (χ1) is 13.6. The Morgan fingerprint density at radius 2 is 1.75 bits per heavy atom. The molecule has 3 heterocycles. The van der Waals surface area contributed by atoms with Gasteiger partial charge in [0.05, 0.1) is 13.2 Å². The molecule has 150 valence electrons. The van der Waals surface area contributed by atoms with E-state index < -0.39 is 0 Å². The van der Waals surface area contributed by atoms with Gasteiger partial charge in [0.25, 0.3) is 4.84 Å². The van der Waals surface area contributed by atoms with E-state index in [0.717, 1.165) is 50.7 Å². The molecule has 0 N–H and O–H groups in total. The molecule has 1 amide bonds. The Balaban J connectivity index is 1.28. The van der Waals surface area contributed by atoms with E-state index >= 15 is 0 Å². The summed E-state index contributed by atoms with van der Waals surface area (Å²) >= 11 is 11.3. The van der Waals surface area contributed by atoms with Gasteiger partial charge in [0.2, 0.25) is 11.8 Å². The molecule has 0 atom stereocenters. The van der Waals surface area contributed by atoms with Gasteiger partial charge in [-0.15, -0.1) is 5.10 Å². The van der Waals surface area contributed by atoms with Crippen LogP contribution in [0.5, 0.6) is 0 Å². The lowest BCUT2D eigenvalue weighted by Gasteiger charge is -2.34. The molecular weight excluding hydrogens is 398 g/mol. The Bertz CT molecular complexity index is 873. The number of carbonyl (C=O) groups excluding carboxylic acids is 1. The van der Waals surface area contributed by atoms with Gasteiger partial charge in [-0.05, 0) is 36.3 Å². The molecule has 0 aliphatic carbocycles. The maximum Gasteiger partial charge on any atom is 0.288 e. The molecule has 2 aromatic rings. The molecule has 1 aromatic carbocycles. The summed E-state index contributed by atoms with van der Waals surface area (Å²) < 4.78 is 7.32. The summed E-state index contributed by atoms with van der Waals surface area (Å²) in [5, 5.41) is 5.25. The molecule has 4 rings (SSSR count). The lowest BCUT2D eigenvalue weighted by molar-refractivity contribution is -0.128. The molecule has 2 aliphatic rings. The van der Waals surface area contributed by atoms with Crippen molar-refractivity contribution in [3.8, 4) is 0 Å². The van der Waals surface area contributed by atoms with Crippen molar-refractivity contribution in [2.24, 2.45) is 0 Å². The fraction of sp³-hybridized carbons (Fsp3) is 0.526. The number of aromatic nitrogens is 2. The number of benzene rings is 1. The topological polar surface area (TPSA) is 57.8 Å². The second-order valence-electron chi connectivity index (χ2n) is 7.34. The van der Waals surface area contributed by atoms with E-state index in [1.54, 1.807) is 9.58 Å². The molecule has 28 heavy (non-hydrogen) atoms. The summed E-state index contributed by atoms with van der Waals surface area (Å²) in [6, 6.07) is 8.03. The number of carbonyl (C=O) groups is 1. The molecule has 1 aromatic heterocycles. The van der Waals surface area contributed by atoms with Gasteiger partial charge in [0.1, 0.15) is 0 Å². The first-order valence-electron chi connectivity index (χ1n) is 9.60. The molecule has 9 heteroatoms. The largest absolute Gasteiger partial charge is 0.412 e. The summed E-state index contributed by atoms with van der Waals surface area (Å²) in [5.74, 6) is 0.675. The summed E-state index contributed by atoms with van der Waals surface area (Å²) in [4.78, 5) is 18.7. The molecule has 7 nitrogen and oxygen atoms in total. The Morgan fingerprint density at radius 1 is 1.04 bits per heavy atom. The van der Waals surface area contributed by atoms with Crippen LogP contribution in [0.1, 0.15) is 24.3 Å². The molecule has 2 saturated heterocycles. The minimum absolute atomic E-state index is 0.160. The van der Waals surface area contributed by atoms with E-state index in [9.17, 15) is 4.79 Å². The van der Waals surface area contributed by atoms with E-state index in [2.05, 4.69) is 27.0 Å². The molecule has 0 radical (unpaired) electrons. The molecule has 2 fully saturated rings. The number of likely N-dealkylation sites (tertiary alicyclic amines) is 1. The first-order valence-corrected chi connectivity index (χ1v) is 10.4. The van der Waals surface area contributed by atoms with Crippen molar-refractivity contribution in [2.45, 2.75) is 32.6 Å². The van der Waals surface area contributed by atoms with Crippen molar-refractivity contribution in [1.82, 2.24) is 24.5 Å². The minimum Gasteiger partial charge on any atom is -0.412 e. The third-order valence-electron chi connectivity index (χ3n) is 5.26. The predicted octanol–water partition coefficient (Wildman–Crippen LogP) is 2.76. The number of hydrogen-bond donors (Lipinski definition) is 0. The molecule has 0 unspecified atom stereocenters. The molecule has 2 aliphatic heterocycles. The van der Waals surface area contributed by atoms with Crippen LogP contribution in [0.15, 0.2) is 28.7 Å². The highest BCUT2D eigenvalue weighted by molar-refractivity contribution is 7.71. The van der Waals surface area contributed by atoms with Crippen molar-refractivity contribution in [3.63, 3.8) is 0 Å². The summed E-state index contributed by atoms with van der Waals surface area (Å²) in [6.07, 6.45) is 1.52. The third-order valence-corrected chi connectivity index (χ3v) is 5.81.